The zero-order valence-corrected chi connectivity index (χ0v) is 14.4. The summed E-state index contributed by atoms with van der Waals surface area (Å²) >= 11 is 0. The van der Waals surface area contributed by atoms with E-state index in [0.29, 0.717) is 0 Å². The minimum absolute atomic E-state index is 0.281. The molecule has 26 heavy (non-hydrogen) atoms. The molecule has 0 radical (unpaired) electrons. The Labute approximate surface area is 151 Å². The SMILES string of the molecule is C(=NNc1c2c(nc3ccccc13)CCCC2)c1ccc2c(c1)OCO2. The monoisotopic (exact) mass is 345 g/mol. The van der Waals surface area contributed by atoms with Gasteiger partial charge in [0.25, 0.3) is 0 Å². The Balaban J connectivity index is 1.49. The molecule has 0 spiro atoms. The lowest BCUT2D eigenvalue weighted by Crippen LogP contribution is -2.09. The van der Waals surface area contributed by atoms with Gasteiger partial charge in [-0.1, -0.05) is 18.2 Å². The van der Waals surface area contributed by atoms with E-state index in [2.05, 4.69) is 22.7 Å². The fourth-order valence-electron chi connectivity index (χ4n) is 3.67. The Kier molecular flexibility index (Phi) is 3.70. The fraction of sp³-hybridized carbons (Fsp3) is 0.238. The minimum atomic E-state index is 0.281. The molecular weight excluding hydrogens is 326 g/mol. The highest BCUT2D eigenvalue weighted by atomic mass is 16.7. The third-order valence-corrected chi connectivity index (χ3v) is 4.96. The summed E-state index contributed by atoms with van der Waals surface area (Å²) in [5.74, 6) is 1.55. The van der Waals surface area contributed by atoms with Gasteiger partial charge in [-0.05, 0) is 61.1 Å². The van der Waals surface area contributed by atoms with Crippen LogP contribution in [0.5, 0.6) is 11.5 Å². The molecule has 0 saturated carbocycles. The Morgan fingerprint density at radius 2 is 1.88 bits per heavy atom. The van der Waals surface area contributed by atoms with Crippen molar-refractivity contribution in [3.05, 3.63) is 59.3 Å². The second kappa shape index (κ2) is 6.33. The molecule has 1 aliphatic carbocycles. The Bertz CT molecular complexity index is 1010. The highest BCUT2D eigenvalue weighted by Crippen LogP contribution is 2.34. The highest BCUT2D eigenvalue weighted by Gasteiger charge is 2.18. The molecule has 1 aromatic heterocycles. The lowest BCUT2D eigenvalue weighted by molar-refractivity contribution is 0.174. The van der Waals surface area contributed by atoms with E-state index in [1.54, 1.807) is 0 Å². The minimum Gasteiger partial charge on any atom is -0.454 e. The molecule has 5 rings (SSSR count). The van der Waals surface area contributed by atoms with Crippen LogP contribution in [0.2, 0.25) is 0 Å². The van der Waals surface area contributed by atoms with Gasteiger partial charge in [0.2, 0.25) is 6.79 Å². The van der Waals surface area contributed by atoms with E-state index < -0.39 is 0 Å². The maximum Gasteiger partial charge on any atom is 0.231 e. The number of para-hydroxylation sites is 1. The summed E-state index contributed by atoms with van der Waals surface area (Å²) in [6, 6.07) is 14.1. The highest BCUT2D eigenvalue weighted by molar-refractivity contribution is 5.94. The van der Waals surface area contributed by atoms with Crippen molar-refractivity contribution in [3.63, 3.8) is 0 Å². The van der Waals surface area contributed by atoms with Crippen molar-refractivity contribution >= 4 is 22.8 Å². The lowest BCUT2D eigenvalue weighted by atomic mass is 9.93. The number of hydrogen-bond acceptors (Lipinski definition) is 5. The molecule has 1 aliphatic heterocycles. The standard InChI is InChI=1S/C21H19N3O2/c1-3-7-17-15(5-1)21(16-6-2-4-8-18(16)23-17)24-22-12-14-9-10-19-20(11-14)26-13-25-19/h1,3,5,7,9-12H,2,4,6,8,13H2,(H,23,24). The molecule has 1 N–H and O–H groups in total. The fourth-order valence-corrected chi connectivity index (χ4v) is 3.67. The van der Waals surface area contributed by atoms with Crippen LogP contribution in [0.4, 0.5) is 5.69 Å². The maximum atomic E-state index is 5.42. The first kappa shape index (κ1) is 15.2. The predicted octanol–water partition coefficient (Wildman–Crippen LogP) is 4.29. The van der Waals surface area contributed by atoms with E-state index in [4.69, 9.17) is 14.5 Å². The van der Waals surface area contributed by atoms with Gasteiger partial charge in [-0.25, -0.2) is 0 Å². The number of fused-ring (bicyclic) bond motifs is 3. The van der Waals surface area contributed by atoms with Crippen LogP contribution in [0.15, 0.2) is 47.6 Å². The first-order valence-electron chi connectivity index (χ1n) is 8.98. The quantitative estimate of drug-likeness (QED) is 0.568. The van der Waals surface area contributed by atoms with Crippen LogP contribution in [0, 0.1) is 0 Å². The number of aryl methyl sites for hydroxylation is 1. The number of anilines is 1. The van der Waals surface area contributed by atoms with E-state index in [0.717, 1.165) is 46.5 Å². The van der Waals surface area contributed by atoms with Gasteiger partial charge in [0.1, 0.15) is 0 Å². The summed E-state index contributed by atoms with van der Waals surface area (Å²) in [4.78, 5) is 4.86. The van der Waals surface area contributed by atoms with Crippen LogP contribution >= 0.6 is 0 Å². The van der Waals surface area contributed by atoms with E-state index in [-0.39, 0.29) is 6.79 Å². The smallest absolute Gasteiger partial charge is 0.231 e. The summed E-state index contributed by atoms with van der Waals surface area (Å²) in [7, 11) is 0. The molecule has 0 saturated heterocycles. The second-order valence-electron chi connectivity index (χ2n) is 6.62. The first-order valence-corrected chi connectivity index (χ1v) is 8.98. The summed E-state index contributed by atoms with van der Waals surface area (Å²) in [6.07, 6.45) is 6.31. The third-order valence-electron chi connectivity index (χ3n) is 4.96. The largest absolute Gasteiger partial charge is 0.454 e. The molecule has 5 heteroatoms. The van der Waals surface area contributed by atoms with Crippen LogP contribution < -0.4 is 14.9 Å². The van der Waals surface area contributed by atoms with Crippen LogP contribution in [0.1, 0.15) is 29.7 Å². The van der Waals surface area contributed by atoms with Crippen LogP contribution in [-0.2, 0) is 12.8 Å². The van der Waals surface area contributed by atoms with Gasteiger partial charge in [0.15, 0.2) is 11.5 Å². The average molecular weight is 345 g/mol. The number of ether oxygens (including phenoxy) is 2. The molecule has 2 heterocycles. The third kappa shape index (κ3) is 2.65. The summed E-state index contributed by atoms with van der Waals surface area (Å²) in [5, 5.41) is 5.62. The van der Waals surface area contributed by atoms with Gasteiger partial charge in [-0.15, -0.1) is 0 Å². The van der Waals surface area contributed by atoms with Crippen LogP contribution in [0.3, 0.4) is 0 Å². The average Bonchev–Trinajstić information content (AvgIpc) is 3.15. The van der Waals surface area contributed by atoms with Crippen molar-refractivity contribution in [3.8, 4) is 11.5 Å². The van der Waals surface area contributed by atoms with Crippen molar-refractivity contribution in [2.24, 2.45) is 5.10 Å². The molecule has 0 atom stereocenters. The summed E-state index contributed by atoms with van der Waals surface area (Å²) in [6.45, 7) is 0.281. The van der Waals surface area contributed by atoms with Crippen molar-refractivity contribution in [2.45, 2.75) is 25.7 Å². The van der Waals surface area contributed by atoms with Crippen LogP contribution in [0.25, 0.3) is 10.9 Å². The van der Waals surface area contributed by atoms with E-state index >= 15 is 0 Å². The maximum absolute atomic E-state index is 5.42. The molecule has 0 amide bonds. The number of hydrogen-bond donors (Lipinski definition) is 1. The topological polar surface area (TPSA) is 55.7 Å². The number of hydrazone groups is 1. The molecular formula is C21H19N3O2. The normalized spacial score (nSPS) is 15.4. The Hall–Kier alpha value is -3.08. The van der Waals surface area contributed by atoms with Gasteiger partial charge >= 0.3 is 0 Å². The zero-order valence-electron chi connectivity index (χ0n) is 14.4. The zero-order chi connectivity index (χ0) is 17.3. The van der Waals surface area contributed by atoms with Gasteiger partial charge in [0, 0.05) is 11.1 Å². The molecule has 2 aromatic carbocycles. The van der Waals surface area contributed by atoms with Crippen molar-refractivity contribution in [1.29, 1.82) is 0 Å². The number of aromatic nitrogens is 1. The number of nitrogens with zero attached hydrogens (tertiary/aromatic N) is 2. The first-order chi connectivity index (χ1) is 12.9. The Morgan fingerprint density at radius 1 is 1.00 bits per heavy atom. The number of benzene rings is 2. The van der Waals surface area contributed by atoms with E-state index in [1.165, 1.54) is 24.1 Å². The molecule has 5 nitrogen and oxygen atoms in total. The molecule has 0 unspecified atom stereocenters. The number of rotatable bonds is 3. The molecule has 0 fully saturated rings. The molecule has 2 aliphatic rings. The van der Waals surface area contributed by atoms with Gasteiger partial charge in [-0.2, -0.15) is 5.10 Å². The lowest BCUT2D eigenvalue weighted by Gasteiger charge is -2.20. The van der Waals surface area contributed by atoms with Gasteiger partial charge in [-0.3, -0.25) is 10.4 Å². The van der Waals surface area contributed by atoms with Crippen LogP contribution in [-0.4, -0.2) is 18.0 Å². The van der Waals surface area contributed by atoms with Gasteiger partial charge in [0.05, 0.1) is 17.4 Å². The van der Waals surface area contributed by atoms with Crippen molar-refractivity contribution in [2.75, 3.05) is 12.2 Å². The Morgan fingerprint density at radius 3 is 2.88 bits per heavy atom. The summed E-state index contributed by atoms with van der Waals surface area (Å²) in [5.41, 5.74) is 8.87. The van der Waals surface area contributed by atoms with Crippen molar-refractivity contribution < 1.29 is 9.47 Å². The summed E-state index contributed by atoms with van der Waals surface area (Å²) < 4.78 is 10.8. The second-order valence-corrected chi connectivity index (χ2v) is 6.62. The van der Waals surface area contributed by atoms with Gasteiger partial charge < -0.3 is 9.47 Å². The van der Waals surface area contributed by atoms with Crippen molar-refractivity contribution in [1.82, 2.24) is 4.98 Å². The predicted molar refractivity (Wildman–Crippen MR) is 102 cm³/mol. The number of nitrogens with one attached hydrogen (secondary N) is 1. The van der Waals surface area contributed by atoms with E-state index in [9.17, 15) is 0 Å². The molecule has 0 bridgehead atoms. The number of pyridine rings is 1. The molecule has 3 aromatic rings. The van der Waals surface area contributed by atoms with E-state index in [1.807, 2.05) is 36.5 Å². The molecule has 130 valence electrons.